The summed E-state index contributed by atoms with van der Waals surface area (Å²) >= 11 is 1.44. The topological polar surface area (TPSA) is 56.1 Å². The number of aromatic nitrogens is 2. The predicted octanol–water partition coefficient (Wildman–Crippen LogP) is 3.95. The maximum absolute atomic E-state index is 12.2. The summed E-state index contributed by atoms with van der Waals surface area (Å²) in [7, 11) is 1.65. The number of nitrogens with one attached hydrogen (secondary N) is 1. The molecule has 6 heteroatoms. The van der Waals surface area contributed by atoms with Crippen LogP contribution in [0.1, 0.15) is 16.7 Å². The minimum absolute atomic E-state index is 0.00786. The Bertz CT molecular complexity index is 915. The molecular weight excluding hydrogens is 370 g/mol. The van der Waals surface area contributed by atoms with Gasteiger partial charge in [0.15, 0.2) is 5.16 Å². The van der Waals surface area contributed by atoms with E-state index < -0.39 is 0 Å². The molecule has 3 aromatic rings. The molecule has 0 aliphatic rings. The minimum atomic E-state index is 0.00786. The molecule has 0 spiro atoms. The monoisotopic (exact) mass is 395 g/mol. The van der Waals surface area contributed by atoms with E-state index in [-0.39, 0.29) is 5.91 Å². The van der Waals surface area contributed by atoms with Crippen LogP contribution in [0.15, 0.2) is 60.0 Å². The number of rotatable bonds is 8. The van der Waals surface area contributed by atoms with E-state index in [9.17, 15) is 4.79 Å². The average molecular weight is 396 g/mol. The molecule has 1 heterocycles. The lowest BCUT2D eigenvalue weighted by atomic mass is 10.1. The second-order valence-corrected chi connectivity index (χ2v) is 7.60. The van der Waals surface area contributed by atoms with Gasteiger partial charge in [-0.3, -0.25) is 9.36 Å². The highest BCUT2D eigenvalue weighted by molar-refractivity contribution is 7.99. The van der Waals surface area contributed by atoms with Gasteiger partial charge in [-0.2, -0.15) is 0 Å². The Morgan fingerprint density at radius 2 is 1.86 bits per heavy atom. The average Bonchev–Trinajstić information content (AvgIpc) is 3.15. The highest BCUT2D eigenvalue weighted by Crippen LogP contribution is 2.22. The molecule has 0 bridgehead atoms. The molecule has 0 saturated carbocycles. The zero-order chi connectivity index (χ0) is 19.9. The zero-order valence-electron chi connectivity index (χ0n) is 16.4. The molecule has 1 N–H and O–H groups in total. The summed E-state index contributed by atoms with van der Waals surface area (Å²) in [6.45, 7) is 4.77. The summed E-state index contributed by atoms with van der Waals surface area (Å²) in [5.41, 5.74) is 4.64. The first-order chi connectivity index (χ1) is 13.5. The Hall–Kier alpha value is -2.73. The molecule has 28 heavy (non-hydrogen) atoms. The van der Waals surface area contributed by atoms with Crippen LogP contribution in [-0.4, -0.2) is 34.9 Å². The van der Waals surface area contributed by atoms with Gasteiger partial charge in [-0.05, 0) is 61.2 Å². The third kappa shape index (κ3) is 5.39. The molecule has 5 nitrogen and oxygen atoms in total. The van der Waals surface area contributed by atoms with E-state index in [4.69, 9.17) is 4.74 Å². The van der Waals surface area contributed by atoms with Crippen molar-refractivity contribution in [2.75, 3.05) is 19.4 Å². The lowest BCUT2D eigenvalue weighted by molar-refractivity contribution is -0.118. The van der Waals surface area contributed by atoms with Crippen LogP contribution < -0.4 is 10.1 Å². The second-order valence-electron chi connectivity index (χ2n) is 6.66. The van der Waals surface area contributed by atoms with E-state index in [1.807, 2.05) is 35.0 Å². The molecule has 0 atom stereocenters. The van der Waals surface area contributed by atoms with E-state index in [0.29, 0.717) is 12.3 Å². The number of thioether (sulfide) groups is 1. The van der Waals surface area contributed by atoms with E-state index in [1.54, 1.807) is 13.3 Å². The first kappa shape index (κ1) is 20.0. The van der Waals surface area contributed by atoms with Gasteiger partial charge in [0.05, 0.1) is 12.9 Å². The molecule has 0 unspecified atom stereocenters. The van der Waals surface area contributed by atoms with Gasteiger partial charge in [-0.25, -0.2) is 4.98 Å². The lowest BCUT2D eigenvalue weighted by Crippen LogP contribution is -2.27. The van der Waals surface area contributed by atoms with Crippen LogP contribution in [0.25, 0.3) is 5.69 Å². The van der Waals surface area contributed by atoms with Crippen molar-refractivity contribution in [3.05, 3.63) is 71.5 Å². The van der Waals surface area contributed by atoms with Crippen molar-refractivity contribution >= 4 is 17.7 Å². The molecule has 1 aromatic heterocycles. The number of hydrogen-bond donors (Lipinski definition) is 1. The van der Waals surface area contributed by atoms with E-state index in [1.165, 1.54) is 28.5 Å². The summed E-state index contributed by atoms with van der Waals surface area (Å²) < 4.78 is 7.18. The first-order valence-electron chi connectivity index (χ1n) is 9.19. The van der Waals surface area contributed by atoms with Crippen LogP contribution in [0.4, 0.5) is 0 Å². The van der Waals surface area contributed by atoms with Gasteiger partial charge in [-0.15, -0.1) is 0 Å². The molecule has 0 saturated heterocycles. The Labute approximate surface area is 170 Å². The zero-order valence-corrected chi connectivity index (χ0v) is 17.3. The van der Waals surface area contributed by atoms with Crippen molar-refractivity contribution in [3.63, 3.8) is 0 Å². The van der Waals surface area contributed by atoms with Crippen molar-refractivity contribution < 1.29 is 9.53 Å². The number of carbonyl (C=O) groups is 1. The van der Waals surface area contributed by atoms with Crippen molar-refractivity contribution in [1.29, 1.82) is 0 Å². The van der Waals surface area contributed by atoms with Gasteiger partial charge in [0.25, 0.3) is 0 Å². The van der Waals surface area contributed by atoms with E-state index in [0.717, 1.165) is 23.0 Å². The SMILES string of the molecule is COc1ccc(CCNC(=O)CSc2nccn2-c2cc(C)cc(C)c2)cc1. The highest BCUT2D eigenvalue weighted by atomic mass is 32.2. The Morgan fingerprint density at radius 1 is 1.14 bits per heavy atom. The van der Waals surface area contributed by atoms with Gasteiger partial charge in [-0.1, -0.05) is 30.0 Å². The number of carbonyl (C=O) groups excluding carboxylic acids is 1. The lowest BCUT2D eigenvalue weighted by Gasteiger charge is -2.10. The molecule has 0 fully saturated rings. The number of methoxy groups -OCH3 is 1. The number of benzene rings is 2. The van der Waals surface area contributed by atoms with Crippen molar-refractivity contribution in [3.8, 4) is 11.4 Å². The predicted molar refractivity (Wildman–Crippen MR) is 113 cm³/mol. The number of nitrogens with zero attached hydrogens (tertiary/aromatic N) is 2. The van der Waals surface area contributed by atoms with Gasteiger partial charge in [0.2, 0.25) is 5.91 Å². The largest absolute Gasteiger partial charge is 0.497 e. The molecule has 0 aliphatic heterocycles. The van der Waals surface area contributed by atoms with Crippen LogP contribution in [0.3, 0.4) is 0 Å². The summed E-state index contributed by atoms with van der Waals surface area (Å²) in [4.78, 5) is 16.6. The molecule has 3 rings (SSSR count). The maximum Gasteiger partial charge on any atom is 0.230 e. The van der Waals surface area contributed by atoms with Gasteiger partial charge in [0, 0.05) is 24.6 Å². The molecule has 2 aromatic carbocycles. The molecule has 0 aliphatic carbocycles. The van der Waals surface area contributed by atoms with Crippen LogP contribution in [0.2, 0.25) is 0 Å². The molecule has 1 amide bonds. The number of ether oxygens (including phenoxy) is 1. The van der Waals surface area contributed by atoms with Gasteiger partial charge < -0.3 is 10.1 Å². The Morgan fingerprint density at radius 3 is 2.54 bits per heavy atom. The fraction of sp³-hybridized carbons (Fsp3) is 0.273. The fourth-order valence-corrected chi connectivity index (χ4v) is 3.81. The molecule has 146 valence electrons. The standard InChI is InChI=1S/C22H25N3O2S/c1-16-12-17(2)14-19(13-16)25-11-10-24-22(25)28-15-21(26)23-9-8-18-4-6-20(27-3)7-5-18/h4-7,10-14H,8-9,15H2,1-3H3,(H,23,26). The van der Waals surface area contributed by atoms with Crippen molar-refractivity contribution in [1.82, 2.24) is 14.9 Å². The summed E-state index contributed by atoms with van der Waals surface area (Å²) in [5.74, 6) is 1.18. The Kier molecular flexibility index (Phi) is 6.76. The van der Waals surface area contributed by atoms with Gasteiger partial charge in [0.1, 0.15) is 5.75 Å². The first-order valence-corrected chi connectivity index (χ1v) is 10.2. The van der Waals surface area contributed by atoms with Crippen molar-refractivity contribution in [2.24, 2.45) is 0 Å². The highest BCUT2D eigenvalue weighted by Gasteiger charge is 2.09. The Balaban J connectivity index is 1.50. The second kappa shape index (κ2) is 9.46. The fourth-order valence-electron chi connectivity index (χ4n) is 3.00. The maximum atomic E-state index is 12.2. The van der Waals surface area contributed by atoms with Crippen LogP contribution in [0, 0.1) is 13.8 Å². The number of amides is 1. The van der Waals surface area contributed by atoms with E-state index >= 15 is 0 Å². The smallest absolute Gasteiger partial charge is 0.230 e. The van der Waals surface area contributed by atoms with Crippen LogP contribution in [0.5, 0.6) is 5.75 Å². The van der Waals surface area contributed by atoms with Crippen LogP contribution in [-0.2, 0) is 11.2 Å². The van der Waals surface area contributed by atoms with Gasteiger partial charge >= 0.3 is 0 Å². The quantitative estimate of drug-likeness (QED) is 0.587. The summed E-state index contributed by atoms with van der Waals surface area (Å²) in [5, 5.41) is 3.79. The van der Waals surface area contributed by atoms with Crippen LogP contribution >= 0.6 is 11.8 Å². The molecular formula is C22H25N3O2S. The third-order valence-corrected chi connectivity index (χ3v) is 5.29. The van der Waals surface area contributed by atoms with Crippen molar-refractivity contribution in [2.45, 2.75) is 25.4 Å². The summed E-state index contributed by atoms with van der Waals surface area (Å²) in [6, 6.07) is 14.3. The number of aryl methyl sites for hydroxylation is 2. The minimum Gasteiger partial charge on any atom is -0.497 e. The summed E-state index contributed by atoms with van der Waals surface area (Å²) in [6.07, 6.45) is 4.48. The number of hydrogen-bond acceptors (Lipinski definition) is 4. The third-order valence-electron chi connectivity index (χ3n) is 4.32. The molecule has 0 radical (unpaired) electrons. The number of imidazole rings is 1. The normalized spacial score (nSPS) is 10.7. The van der Waals surface area contributed by atoms with E-state index in [2.05, 4.69) is 42.3 Å².